The van der Waals surface area contributed by atoms with E-state index in [4.69, 9.17) is 11.6 Å². The summed E-state index contributed by atoms with van der Waals surface area (Å²) in [6, 6.07) is 7.50. The first-order valence-corrected chi connectivity index (χ1v) is 7.53. The molecule has 0 aromatic heterocycles. The van der Waals surface area contributed by atoms with Gasteiger partial charge in [0.05, 0.1) is 0 Å². The Morgan fingerprint density at radius 1 is 1.50 bits per heavy atom. The highest BCUT2D eigenvalue weighted by Crippen LogP contribution is 2.29. The van der Waals surface area contributed by atoms with Gasteiger partial charge in [-0.2, -0.15) is 0 Å². The van der Waals surface area contributed by atoms with Crippen LogP contribution in [0.4, 0.5) is 0 Å². The minimum absolute atomic E-state index is 0.439. The zero-order valence-corrected chi connectivity index (χ0v) is 12.9. The SMILES string of the molecule is CC1CCCN(C(C)(Cc2ccccc2Cl)C(=O)O)C1. The van der Waals surface area contributed by atoms with Crippen molar-refractivity contribution in [1.82, 2.24) is 4.90 Å². The number of carboxylic acid groups (broad SMARTS) is 1. The van der Waals surface area contributed by atoms with E-state index in [0.717, 1.165) is 25.1 Å². The molecule has 2 rings (SSSR count). The molecule has 1 saturated heterocycles. The molecular weight excluding hydrogens is 274 g/mol. The van der Waals surface area contributed by atoms with Gasteiger partial charge in [0.2, 0.25) is 0 Å². The number of aliphatic carboxylic acids is 1. The van der Waals surface area contributed by atoms with Crippen molar-refractivity contribution in [2.45, 2.75) is 38.6 Å². The first-order valence-electron chi connectivity index (χ1n) is 7.15. The molecule has 0 bridgehead atoms. The van der Waals surface area contributed by atoms with E-state index < -0.39 is 11.5 Å². The second-order valence-electron chi connectivity index (χ2n) is 6.04. The Kier molecular flexibility index (Phi) is 4.71. The van der Waals surface area contributed by atoms with Gasteiger partial charge in [-0.05, 0) is 43.9 Å². The molecule has 1 N–H and O–H groups in total. The molecule has 0 saturated carbocycles. The van der Waals surface area contributed by atoms with Crippen molar-refractivity contribution in [2.75, 3.05) is 13.1 Å². The third kappa shape index (κ3) is 3.15. The lowest BCUT2D eigenvalue weighted by atomic mass is 9.87. The van der Waals surface area contributed by atoms with Crippen molar-refractivity contribution in [3.63, 3.8) is 0 Å². The Bertz CT molecular complexity index is 491. The van der Waals surface area contributed by atoms with Crippen molar-refractivity contribution >= 4 is 17.6 Å². The van der Waals surface area contributed by atoms with Crippen molar-refractivity contribution in [1.29, 1.82) is 0 Å². The lowest BCUT2D eigenvalue weighted by Gasteiger charge is -2.42. The van der Waals surface area contributed by atoms with Gasteiger partial charge in [-0.15, -0.1) is 0 Å². The highest BCUT2D eigenvalue weighted by molar-refractivity contribution is 6.31. The number of carbonyl (C=O) groups is 1. The van der Waals surface area contributed by atoms with Crippen LogP contribution in [-0.2, 0) is 11.2 Å². The summed E-state index contributed by atoms with van der Waals surface area (Å²) in [7, 11) is 0. The summed E-state index contributed by atoms with van der Waals surface area (Å²) >= 11 is 6.19. The predicted molar refractivity (Wildman–Crippen MR) is 81.2 cm³/mol. The van der Waals surface area contributed by atoms with E-state index >= 15 is 0 Å². The molecule has 110 valence electrons. The number of likely N-dealkylation sites (tertiary alicyclic amines) is 1. The molecular formula is C16H22ClNO2. The maximum absolute atomic E-state index is 11.9. The van der Waals surface area contributed by atoms with Crippen molar-refractivity contribution in [3.8, 4) is 0 Å². The van der Waals surface area contributed by atoms with E-state index in [2.05, 4.69) is 11.8 Å². The van der Waals surface area contributed by atoms with Crippen LogP contribution in [0.5, 0.6) is 0 Å². The average Bonchev–Trinajstić information content (AvgIpc) is 2.41. The Labute approximate surface area is 125 Å². The van der Waals surface area contributed by atoms with Crippen LogP contribution in [-0.4, -0.2) is 34.6 Å². The molecule has 0 aliphatic carbocycles. The summed E-state index contributed by atoms with van der Waals surface area (Å²) in [4.78, 5) is 14.0. The van der Waals surface area contributed by atoms with Crippen molar-refractivity contribution in [3.05, 3.63) is 34.9 Å². The highest BCUT2D eigenvalue weighted by Gasteiger charge is 2.41. The summed E-state index contributed by atoms with van der Waals surface area (Å²) in [5.74, 6) is -0.222. The maximum atomic E-state index is 11.9. The third-order valence-corrected chi connectivity index (χ3v) is 4.68. The molecule has 0 spiro atoms. The second-order valence-corrected chi connectivity index (χ2v) is 6.45. The number of hydrogen-bond acceptors (Lipinski definition) is 2. The summed E-state index contributed by atoms with van der Waals surface area (Å²) in [5.41, 5.74) is 0.0111. The fourth-order valence-electron chi connectivity index (χ4n) is 2.97. The van der Waals surface area contributed by atoms with Gasteiger partial charge in [-0.25, -0.2) is 0 Å². The van der Waals surface area contributed by atoms with Gasteiger partial charge in [0.25, 0.3) is 0 Å². The first kappa shape index (κ1) is 15.3. The van der Waals surface area contributed by atoms with Crippen LogP contribution in [0.1, 0.15) is 32.3 Å². The lowest BCUT2D eigenvalue weighted by Crippen LogP contribution is -2.57. The second kappa shape index (κ2) is 6.15. The smallest absolute Gasteiger partial charge is 0.324 e. The molecule has 20 heavy (non-hydrogen) atoms. The molecule has 1 aromatic rings. The quantitative estimate of drug-likeness (QED) is 0.925. The third-order valence-electron chi connectivity index (χ3n) is 4.31. The van der Waals surface area contributed by atoms with E-state index in [1.165, 1.54) is 6.42 Å². The first-order chi connectivity index (χ1) is 9.43. The van der Waals surface area contributed by atoms with E-state index in [-0.39, 0.29) is 0 Å². The van der Waals surface area contributed by atoms with Crippen LogP contribution in [0.25, 0.3) is 0 Å². The number of rotatable bonds is 4. The lowest BCUT2D eigenvalue weighted by molar-refractivity contribution is -0.151. The molecule has 1 aliphatic rings. The van der Waals surface area contributed by atoms with Crippen LogP contribution < -0.4 is 0 Å². The number of hydrogen-bond donors (Lipinski definition) is 1. The maximum Gasteiger partial charge on any atom is 0.324 e. The normalized spacial score (nSPS) is 23.2. The van der Waals surface area contributed by atoms with Crippen LogP contribution in [0.15, 0.2) is 24.3 Å². The van der Waals surface area contributed by atoms with Gasteiger partial charge in [0.15, 0.2) is 0 Å². The van der Waals surface area contributed by atoms with Crippen LogP contribution in [0.3, 0.4) is 0 Å². The van der Waals surface area contributed by atoms with Crippen molar-refractivity contribution in [2.24, 2.45) is 5.92 Å². The van der Waals surface area contributed by atoms with E-state index in [0.29, 0.717) is 17.4 Å². The monoisotopic (exact) mass is 295 g/mol. The minimum Gasteiger partial charge on any atom is -0.480 e. The Morgan fingerprint density at radius 3 is 2.80 bits per heavy atom. The number of halogens is 1. The Morgan fingerprint density at radius 2 is 2.20 bits per heavy atom. The molecule has 0 radical (unpaired) electrons. The van der Waals surface area contributed by atoms with Crippen LogP contribution >= 0.6 is 11.6 Å². The molecule has 1 heterocycles. The van der Waals surface area contributed by atoms with E-state index in [1.54, 1.807) is 0 Å². The van der Waals surface area contributed by atoms with Crippen molar-refractivity contribution < 1.29 is 9.90 Å². The molecule has 0 amide bonds. The fraction of sp³-hybridized carbons (Fsp3) is 0.562. The summed E-state index contributed by atoms with van der Waals surface area (Å²) in [6.07, 6.45) is 2.68. The van der Waals surface area contributed by atoms with Crippen LogP contribution in [0.2, 0.25) is 5.02 Å². The summed E-state index contributed by atoms with van der Waals surface area (Å²) in [5, 5.41) is 10.4. The minimum atomic E-state index is -0.889. The van der Waals surface area contributed by atoms with E-state index in [1.807, 2.05) is 31.2 Å². The Hall–Kier alpha value is -1.06. The zero-order chi connectivity index (χ0) is 14.8. The Balaban J connectivity index is 2.25. The zero-order valence-electron chi connectivity index (χ0n) is 12.1. The molecule has 1 aromatic carbocycles. The molecule has 2 unspecified atom stereocenters. The average molecular weight is 296 g/mol. The molecule has 1 fully saturated rings. The fourth-order valence-corrected chi connectivity index (χ4v) is 3.18. The largest absolute Gasteiger partial charge is 0.480 e. The van der Waals surface area contributed by atoms with E-state index in [9.17, 15) is 9.90 Å². The van der Waals surface area contributed by atoms with Gasteiger partial charge in [0, 0.05) is 18.0 Å². The molecule has 3 nitrogen and oxygen atoms in total. The van der Waals surface area contributed by atoms with Crippen LogP contribution in [0, 0.1) is 5.92 Å². The van der Waals surface area contributed by atoms with Gasteiger partial charge >= 0.3 is 5.97 Å². The summed E-state index contributed by atoms with van der Waals surface area (Å²) in [6.45, 7) is 5.69. The van der Waals surface area contributed by atoms with Gasteiger partial charge in [-0.3, -0.25) is 9.69 Å². The molecule has 1 aliphatic heterocycles. The summed E-state index contributed by atoms with van der Waals surface area (Å²) < 4.78 is 0. The topological polar surface area (TPSA) is 40.5 Å². The highest BCUT2D eigenvalue weighted by atomic mass is 35.5. The number of benzene rings is 1. The number of carboxylic acids is 1. The van der Waals surface area contributed by atoms with Gasteiger partial charge < -0.3 is 5.11 Å². The molecule has 2 atom stereocenters. The number of nitrogens with zero attached hydrogens (tertiary/aromatic N) is 1. The molecule has 4 heteroatoms. The standard InChI is InChI=1S/C16H22ClNO2/c1-12-6-5-9-18(11-12)16(2,15(19)20)10-13-7-3-4-8-14(13)17/h3-4,7-8,12H,5-6,9-11H2,1-2H3,(H,19,20). The predicted octanol–water partition coefficient (Wildman–Crippen LogP) is 3.46. The van der Waals surface area contributed by atoms with Gasteiger partial charge in [-0.1, -0.05) is 36.7 Å². The van der Waals surface area contributed by atoms with Gasteiger partial charge in [0.1, 0.15) is 5.54 Å². The number of piperidine rings is 1.